The second-order valence-electron chi connectivity index (χ2n) is 7.38. The zero-order chi connectivity index (χ0) is 22.3. The Morgan fingerprint density at radius 3 is 2.94 bits per heavy atom. The summed E-state index contributed by atoms with van der Waals surface area (Å²) in [6.07, 6.45) is 2.33. The molecule has 10 heteroatoms. The Labute approximate surface area is 184 Å². The van der Waals surface area contributed by atoms with Crippen molar-refractivity contribution in [3.63, 3.8) is 0 Å². The number of ether oxygens (including phenoxy) is 1. The van der Waals surface area contributed by atoms with Gasteiger partial charge in [-0.1, -0.05) is 30.3 Å². The molecule has 1 aliphatic rings. The molecule has 168 valence electrons. The number of para-hydroxylation sites is 2. The van der Waals surface area contributed by atoms with Gasteiger partial charge in [0, 0.05) is 38.3 Å². The number of aromatic amines is 1. The van der Waals surface area contributed by atoms with Crippen molar-refractivity contribution in [1.82, 2.24) is 25.8 Å². The summed E-state index contributed by atoms with van der Waals surface area (Å²) >= 11 is 0. The molecule has 8 nitrogen and oxygen atoms in total. The van der Waals surface area contributed by atoms with Gasteiger partial charge in [0.2, 0.25) is 0 Å². The molecule has 0 bridgehead atoms. The van der Waals surface area contributed by atoms with E-state index in [0.717, 1.165) is 29.9 Å². The first-order chi connectivity index (χ1) is 15.6. The second-order valence-corrected chi connectivity index (χ2v) is 7.38. The van der Waals surface area contributed by atoms with Gasteiger partial charge in [-0.3, -0.25) is 10.1 Å². The fraction of sp³-hybridized carbons (Fsp3) is 0.318. The van der Waals surface area contributed by atoms with Crippen LogP contribution in [0, 0.1) is 0 Å². The normalized spacial score (nSPS) is 16.4. The van der Waals surface area contributed by atoms with Crippen molar-refractivity contribution in [2.75, 3.05) is 25.0 Å². The Morgan fingerprint density at radius 1 is 1.28 bits per heavy atom. The van der Waals surface area contributed by atoms with Gasteiger partial charge >= 0.3 is 6.61 Å². The molecule has 0 spiro atoms. The summed E-state index contributed by atoms with van der Waals surface area (Å²) in [5, 5.41) is 13.5. The molecular weight excluding hydrogens is 416 g/mol. The van der Waals surface area contributed by atoms with Crippen molar-refractivity contribution < 1.29 is 13.5 Å². The zero-order valence-corrected chi connectivity index (χ0v) is 17.6. The van der Waals surface area contributed by atoms with Gasteiger partial charge in [-0.15, -0.1) is 0 Å². The average molecular weight is 441 g/mol. The van der Waals surface area contributed by atoms with Gasteiger partial charge < -0.3 is 20.3 Å². The number of guanidine groups is 1. The largest absolute Gasteiger partial charge is 0.433 e. The van der Waals surface area contributed by atoms with Crippen LogP contribution in [0.4, 0.5) is 14.5 Å². The van der Waals surface area contributed by atoms with Crippen LogP contribution in [0.5, 0.6) is 5.75 Å². The lowest BCUT2D eigenvalue weighted by molar-refractivity contribution is -0.0495. The van der Waals surface area contributed by atoms with Gasteiger partial charge in [0.05, 0.1) is 5.69 Å². The number of H-pyrrole nitrogens is 1. The van der Waals surface area contributed by atoms with Gasteiger partial charge in [-0.05, 0) is 30.2 Å². The predicted molar refractivity (Wildman–Crippen MR) is 119 cm³/mol. The summed E-state index contributed by atoms with van der Waals surface area (Å²) in [6, 6.07) is 15.0. The summed E-state index contributed by atoms with van der Waals surface area (Å²) in [7, 11) is 1.72. The molecule has 0 saturated carbocycles. The first-order valence-corrected chi connectivity index (χ1v) is 10.3. The second kappa shape index (κ2) is 10.1. The van der Waals surface area contributed by atoms with E-state index in [9.17, 15) is 8.78 Å². The van der Waals surface area contributed by atoms with E-state index in [2.05, 4.69) is 35.5 Å². The minimum atomic E-state index is -2.85. The summed E-state index contributed by atoms with van der Waals surface area (Å²) in [5.74, 6) is 1.59. The minimum Gasteiger partial charge on any atom is -0.433 e. The van der Waals surface area contributed by atoms with Crippen LogP contribution in [-0.4, -0.2) is 53.9 Å². The molecule has 1 aromatic heterocycles. The zero-order valence-electron chi connectivity index (χ0n) is 17.6. The lowest BCUT2D eigenvalue weighted by Crippen LogP contribution is -2.44. The van der Waals surface area contributed by atoms with Crippen LogP contribution in [0.3, 0.4) is 0 Å². The minimum absolute atomic E-state index is 0.126. The number of nitrogens with one attached hydrogen (secondary N) is 3. The van der Waals surface area contributed by atoms with Crippen molar-refractivity contribution >= 4 is 11.6 Å². The number of hydrogen-bond donors (Lipinski definition) is 3. The molecule has 0 aliphatic carbocycles. The molecule has 2 aromatic carbocycles. The number of rotatable bonds is 7. The van der Waals surface area contributed by atoms with E-state index in [1.165, 1.54) is 6.33 Å². The van der Waals surface area contributed by atoms with Crippen LogP contribution >= 0.6 is 0 Å². The van der Waals surface area contributed by atoms with Crippen molar-refractivity contribution in [2.45, 2.75) is 25.6 Å². The average Bonchev–Trinajstić information content (AvgIpc) is 3.49. The molecule has 0 radical (unpaired) electrons. The molecule has 3 aromatic rings. The van der Waals surface area contributed by atoms with Crippen LogP contribution in [0.15, 0.2) is 59.9 Å². The first-order valence-electron chi connectivity index (χ1n) is 10.3. The van der Waals surface area contributed by atoms with Crippen LogP contribution in [0.25, 0.3) is 11.4 Å². The Morgan fingerprint density at radius 2 is 2.16 bits per heavy atom. The number of anilines is 1. The Kier molecular flexibility index (Phi) is 6.78. The molecular formula is C22H25F2N7O. The summed E-state index contributed by atoms with van der Waals surface area (Å²) in [6.45, 7) is -0.871. The van der Waals surface area contributed by atoms with E-state index in [0.29, 0.717) is 24.7 Å². The summed E-state index contributed by atoms with van der Waals surface area (Å²) < 4.78 is 30.1. The van der Waals surface area contributed by atoms with Crippen LogP contribution in [0.1, 0.15) is 12.0 Å². The lowest BCUT2D eigenvalue weighted by atomic mass is 10.1. The molecule has 1 saturated heterocycles. The molecule has 2 heterocycles. The number of nitrogens with zero attached hydrogens (tertiary/aromatic N) is 4. The molecule has 0 amide bonds. The Bertz CT molecular complexity index is 1040. The Balaban J connectivity index is 1.33. The fourth-order valence-corrected chi connectivity index (χ4v) is 3.76. The highest BCUT2D eigenvalue weighted by Gasteiger charge is 2.26. The van der Waals surface area contributed by atoms with E-state index in [1.807, 2.05) is 35.2 Å². The monoisotopic (exact) mass is 441 g/mol. The molecule has 4 rings (SSSR count). The highest BCUT2D eigenvalue weighted by molar-refractivity contribution is 5.80. The number of aliphatic imine (C=N–C) groups is 1. The third-order valence-electron chi connectivity index (χ3n) is 5.25. The van der Waals surface area contributed by atoms with Crippen LogP contribution < -0.4 is 20.3 Å². The maximum absolute atomic E-state index is 12.7. The first kappa shape index (κ1) is 21.5. The lowest BCUT2D eigenvalue weighted by Gasteiger charge is -2.22. The fourth-order valence-electron chi connectivity index (χ4n) is 3.76. The maximum atomic E-state index is 12.7. The topological polar surface area (TPSA) is 90.5 Å². The number of benzene rings is 2. The smallest absolute Gasteiger partial charge is 0.387 e. The van der Waals surface area contributed by atoms with Gasteiger partial charge in [-0.2, -0.15) is 13.9 Å². The molecule has 3 N–H and O–H groups in total. The van der Waals surface area contributed by atoms with Gasteiger partial charge in [0.25, 0.3) is 0 Å². The number of aromatic nitrogens is 3. The van der Waals surface area contributed by atoms with E-state index in [1.54, 1.807) is 25.2 Å². The van der Waals surface area contributed by atoms with Crippen molar-refractivity contribution in [1.29, 1.82) is 0 Å². The highest BCUT2D eigenvalue weighted by Crippen LogP contribution is 2.31. The van der Waals surface area contributed by atoms with Crippen molar-refractivity contribution in [3.8, 4) is 17.1 Å². The van der Waals surface area contributed by atoms with Crippen LogP contribution in [0.2, 0.25) is 0 Å². The number of halogens is 2. The molecule has 1 aliphatic heterocycles. The van der Waals surface area contributed by atoms with Crippen molar-refractivity contribution in [2.24, 2.45) is 4.99 Å². The van der Waals surface area contributed by atoms with E-state index in [4.69, 9.17) is 0 Å². The molecule has 1 unspecified atom stereocenters. The SMILES string of the molecule is CN=C(NCc1cccc(-c2ncn[nH]2)c1)NC1CCN(c2ccccc2OC(F)F)C1. The maximum Gasteiger partial charge on any atom is 0.387 e. The summed E-state index contributed by atoms with van der Waals surface area (Å²) in [5.41, 5.74) is 2.71. The number of alkyl halides is 2. The van der Waals surface area contributed by atoms with Crippen LogP contribution in [-0.2, 0) is 6.54 Å². The highest BCUT2D eigenvalue weighted by atomic mass is 19.3. The molecule has 1 fully saturated rings. The predicted octanol–water partition coefficient (Wildman–Crippen LogP) is 3.02. The quantitative estimate of drug-likeness (QED) is 0.386. The molecule has 1 atom stereocenters. The van der Waals surface area contributed by atoms with Gasteiger partial charge in [-0.25, -0.2) is 4.98 Å². The van der Waals surface area contributed by atoms with E-state index >= 15 is 0 Å². The molecule has 32 heavy (non-hydrogen) atoms. The van der Waals surface area contributed by atoms with E-state index < -0.39 is 6.61 Å². The number of hydrogen-bond acceptors (Lipinski definition) is 5. The van der Waals surface area contributed by atoms with E-state index in [-0.39, 0.29) is 11.8 Å². The van der Waals surface area contributed by atoms with Crippen molar-refractivity contribution in [3.05, 3.63) is 60.4 Å². The third kappa shape index (κ3) is 5.32. The van der Waals surface area contributed by atoms with Gasteiger partial charge in [0.15, 0.2) is 11.8 Å². The third-order valence-corrected chi connectivity index (χ3v) is 5.25. The Hall–Kier alpha value is -3.69. The standard InChI is InChI=1S/C22H25F2N7O/c1-25-22(26-12-15-5-4-6-16(11-15)20-27-14-28-30-20)29-17-9-10-31(13-17)18-7-2-3-8-19(18)32-21(23)24/h2-8,11,14,17,21H,9-10,12-13H2,1H3,(H2,25,26,29)(H,27,28,30). The summed E-state index contributed by atoms with van der Waals surface area (Å²) in [4.78, 5) is 10.5. The van der Waals surface area contributed by atoms with Gasteiger partial charge in [0.1, 0.15) is 12.1 Å².